The number of likely N-dealkylation sites (tertiary alicyclic amines) is 1. The first-order chi connectivity index (χ1) is 9.06. The van der Waals surface area contributed by atoms with Crippen LogP contribution < -0.4 is 5.32 Å². The second kappa shape index (κ2) is 6.87. The number of nitrogens with zero attached hydrogens (tertiary/aromatic N) is 1. The Morgan fingerprint density at radius 1 is 1.32 bits per heavy atom. The Labute approximate surface area is 125 Å². The summed E-state index contributed by atoms with van der Waals surface area (Å²) in [5, 5.41) is 3.70. The molecule has 1 aromatic rings. The molecule has 0 spiro atoms. The molecule has 0 aliphatic carbocycles. The van der Waals surface area contributed by atoms with Gasteiger partial charge in [-0.2, -0.15) is 0 Å². The zero-order chi connectivity index (χ0) is 13.8. The second-order valence-corrected chi connectivity index (χ2v) is 6.73. The molecule has 1 saturated heterocycles. The minimum Gasteiger partial charge on any atom is -0.310 e. The first-order valence-corrected chi connectivity index (χ1v) is 8.08. The van der Waals surface area contributed by atoms with Gasteiger partial charge in [0.1, 0.15) is 0 Å². The van der Waals surface area contributed by atoms with Crippen molar-refractivity contribution in [2.45, 2.75) is 52.2 Å². The minimum absolute atomic E-state index is 0.670. The molecule has 1 N–H and O–H groups in total. The Morgan fingerprint density at radius 2 is 2.00 bits per heavy atom. The molecule has 1 aromatic carbocycles. The van der Waals surface area contributed by atoms with Crippen LogP contribution in [0.4, 0.5) is 0 Å². The highest BCUT2D eigenvalue weighted by Crippen LogP contribution is 2.19. The number of hydrogen-bond donors (Lipinski definition) is 1. The Morgan fingerprint density at radius 3 is 2.58 bits per heavy atom. The van der Waals surface area contributed by atoms with Gasteiger partial charge in [-0.25, -0.2) is 0 Å². The van der Waals surface area contributed by atoms with Crippen molar-refractivity contribution < 1.29 is 0 Å². The first kappa shape index (κ1) is 15.0. The molecule has 106 valence electrons. The van der Waals surface area contributed by atoms with Crippen LogP contribution in [0.5, 0.6) is 0 Å². The van der Waals surface area contributed by atoms with Gasteiger partial charge in [0.05, 0.1) is 0 Å². The van der Waals surface area contributed by atoms with Gasteiger partial charge in [0.15, 0.2) is 0 Å². The summed E-state index contributed by atoms with van der Waals surface area (Å²) in [6.07, 6.45) is 2.53. The molecule has 0 unspecified atom stereocenters. The SMILES string of the molecule is Cc1ccc(CNC2CCN(C(C)C)CC2)c(Br)c1. The third-order valence-corrected chi connectivity index (χ3v) is 4.79. The second-order valence-electron chi connectivity index (χ2n) is 5.88. The van der Waals surface area contributed by atoms with E-state index in [1.54, 1.807) is 0 Å². The zero-order valence-corrected chi connectivity index (χ0v) is 13.8. The maximum absolute atomic E-state index is 3.70. The summed E-state index contributed by atoms with van der Waals surface area (Å²) >= 11 is 3.65. The number of hydrogen-bond acceptors (Lipinski definition) is 2. The van der Waals surface area contributed by atoms with Crippen LogP contribution in [-0.4, -0.2) is 30.1 Å². The number of aryl methyl sites for hydroxylation is 1. The minimum atomic E-state index is 0.670. The van der Waals surface area contributed by atoms with Gasteiger partial charge in [-0.1, -0.05) is 28.1 Å². The van der Waals surface area contributed by atoms with Crippen LogP contribution in [0.3, 0.4) is 0 Å². The number of piperidine rings is 1. The van der Waals surface area contributed by atoms with Crippen LogP contribution in [0.15, 0.2) is 22.7 Å². The van der Waals surface area contributed by atoms with E-state index < -0.39 is 0 Å². The predicted octanol–water partition coefficient (Wildman–Crippen LogP) is 3.72. The van der Waals surface area contributed by atoms with Crippen LogP contribution >= 0.6 is 15.9 Å². The fraction of sp³-hybridized carbons (Fsp3) is 0.625. The lowest BCUT2D eigenvalue weighted by Crippen LogP contribution is -2.44. The predicted molar refractivity (Wildman–Crippen MR) is 85.4 cm³/mol. The van der Waals surface area contributed by atoms with Gasteiger partial charge in [-0.05, 0) is 63.9 Å². The van der Waals surface area contributed by atoms with Gasteiger partial charge in [-0.15, -0.1) is 0 Å². The van der Waals surface area contributed by atoms with Gasteiger partial charge in [0.25, 0.3) is 0 Å². The van der Waals surface area contributed by atoms with Crippen molar-refractivity contribution in [1.82, 2.24) is 10.2 Å². The Balaban J connectivity index is 1.80. The standard InChI is InChI=1S/C16H25BrN2/c1-12(2)19-8-6-15(7-9-19)18-11-14-5-4-13(3)10-16(14)17/h4-5,10,12,15,18H,6-9,11H2,1-3H3. The van der Waals surface area contributed by atoms with Crippen LogP contribution in [0.25, 0.3) is 0 Å². The smallest absolute Gasteiger partial charge is 0.0222 e. The summed E-state index contributed by atoms with van der Waals surface area (Å²) in [4.78, 5) is 2.57. The Hall–Kier alpha value is -0.380. The maximum atomic E-state index is 3.70. The Bertz CT molecular complexity index is 409. The largest absolute Gasteiger partial charge is 0.310 e. The highest BCUT2D eigenvalue weighted by atomic mass is 79.9. The third kappa shape index (κ3) is 4.30. The molecular formula is C16H25BrN2. The molecule has 2 nitrogen and oxygen atoms in total. The van der Waals surface area contributed by atoms with E-state index in [1.807, 2.05) is 0 Å². The van der Waals surface area contributed by atoms with Gasteiger partial charge in [0.2, 0.25) is 0 Å². The van der Waals surface area contributed by atoms with Crippen LogP contribution in [0.1, 0.15) is 37.8 Å². The molecule has 1 aliphatic rings. The van der Waals surface area contributed by atoms with Crippen molar-refractivity contribution in [2.24, 2.45) is 0 Å². The van der Waals surface area contributed by atoms with Crippen molar-refractivity contribution in [1.29, 1.82) is 0 Å². The topological polar surface area (TPSA) is 15.3 Å². The van der Waals surface area contributed by atoms with E-state index in [9.17, 15) is 0 Å². The number of benzene rings is 1. The van der Waals surface area contributed by atoms with Gasteiger partial charge >= 0.3 is 0 Å². The summed E-state index contributed by atoms with van der Waals surface area (Å²) in [7, 11) is 0. The normalized spacial score (nSPS) is 18.2. The maximum Gasteiger partial charge on any atom is 0.0222 e. The summed E-state index contributed by atoms with van der Waals surface area (Å²) in [6.45, 7) is 10.1. The van der Waals surface area contributed by atoms with E-state index in [0.29, 0.717) is 12.1 Å². The Kier molecular flexibility index (Phi) is 5.43. The van der Waals surface area contributed by atoms with Crippen molar-refractivity contribution in [3.63, 3.8) is 0 Å². The number of nitrogens with one attached hydrogen (secondary N) is 1. The van der Waals surface area contributed by atoms with E-state index >= 15 is 0 Å². The zero-order valence-electron chi connectivity index (χ0n) is 12.2. The fourth-order valence-corrected chi connectivity index (χ4v) is 3.30. The van der Waals surface area contributed by atoms with Crippen LogP contribution in [0, 0.1) is 6.92 Å². The average molecular weight is 325 g/mol. The van der Waals surface area contributed by atoms with Crippen molar-refractivity contribution in [3.05, 3.63) is 33.8 Å². The summed E-state index contributed by atoms with van der Waals surface area (Å²) in [5.41, 5.74) is 2.66. The van der Waals surface area contributed by atoms with Crippen molar-refractivity contribution in [3.8, 4) is 0 Å². The van der Waals surface area contributed by atoms with E-state index in [2.05, 4.69) is 65.1 Å². The lowest BCUT2D eigenvalue weighted by atomic mass is 10.0. The van der Waals surface area contributed by atoms with Crippen LogP contribution in [0.2, 0.25) is 0 Å². The molecule has 1 heterocycles. The molecule has 19 heavy (non-hydrogen) atoms. The van der Waals surface area contributed by atoms with E-state index in [4.69, 9.17) is 0 Å². The highest BCUT2D eigenvalue weighted by Gasteiger charge is 2.20. The molecular weight excluding hydrogens is 300 g/mol. The molecule has 1 fully saturated rings. The molecule has 1 aliphatic heterocycles. The molecule has 0 atom stereocenters. The van der Waals surface area contributed by atoms with E-state index in [-0.39, 0.29) is 0 Å². The molecule has 3 heteroatoms. The molecule has 0 aromatic heterocycles. The average Bonchev–Trinajstić information content (AvgIpc) is 2.38. The number of halogens is 1. The molecule has 0 bridgehead atoms. The molecule has 2 rings (SSSR count). The van der Waals surface area contributed by atoms with Crippen molar-refractivity contribution >= 4 is 15.9 Å². The monoisotopic (exact) mass is 324 g/mol. The summed E-state index contributed by atoms with van der Waals surface area (Å²) in [6, 6.07) is 7.95. The lowest BCUT2D eigenvalue weighted by molar-refractivity contribution is 0.161. The summed E-state index contributed by atoms with van der Waals surface area (Å²) in [5.74, 6) is 0. The van der Waals surface area contributed by atoms with E-state index in [1.165, 1.54) is 41.5 Å². The quantitative estimate of drug-likeness (QED) is 0.908. The molecule has 0 saturated carbocycles. The number of rotatable bonds is 4. The van der Waals surface area contributed by atoms with Gasteiger partial charge in [0, 0.05) is 23.1 Å². The van der Waals surface area contributed by atoms with Crippen molar-refractivity contribution in [2.75, 3.05) is 13.1 Å². The molecule has 0 radical (unpaired) electrons. The van der Waals surface area contributed by atoms with Gasteiger partial charge in [-0.3, -0.25) is 0 Å². The highest BCUT2D eigenvalue weighted by molar-refractivity contribution is 9.10. The molecule has 0 amide bonds. The van der Waals surface area contributed by atoms with Gasteiger partial charge < -0.3 is 10.2 Å². The lowest BCUT2D eigenvalue weighted by Gasteiger charge is -2.35. The van der Waals surface area contributed by atoms with E-state index in [0.717, 1.165) is 6.54 Å². The first-order valence-electron chi connectivity index (χ1n) is 7.28. The summed E-state index contributed by atoms with van der Waals surface area (Å²) < 4.78 is 1.22. The van der Waals surface area contributed by atoms with Crippen LogP contribution in [-0.2, 0) is 6.54 Å². The third-order valence-electron chi connectivity index (χ3n) is 4.05. The fourth-order valence-electron chi connectivity index (χ4n) is 2.67.